The predicted octanol–water partition coefficient (Wildman–Crippen LogP) is 4.75. The molecule has 4 heteroatoms. The van der Waals surface area contributed by atoms with E-state index in [4.69, 9.17) is 11.6 Å². The zero-order valence-corrected chi connectivity index (χ0v) is 12.3. The Balaban J connectivity index is 2.02. The minimum Gasteiger partial charge on any atom is -0.317 e. The summed E-state index contributed by atoms with van der Waals surface area (Å²) in [5.41, 5.74) is 1.83. The van der Waals surface area contributed by atoms with E-state index in [0.29, 0.717) is 22.1 Å². The van der Waals surface area contributed by atoms with Gasteiger partial charge < -0.3 is 5.32 Å². The van der Waals surface area contributed by atoms with E-state index in [2.05, 4.69) is 5.32 Å². The van der Waals surface area contributed by atoms with Gasteiger partial charge in [0.05, 0.1) is 0 Å². The maximum absolute atomic E-state index is 14.0. The van der Waals surface area contributed by atoms with Crippen molar-refractivity contribution in [1.29, 1.82) is 0 Å². The van der Waals surface area contributed by atoms with Crippen LogP contribution in [0.15, 0.2) is 36.4 Å². The smallest absolute Gasteiger partial charge is 0.131 e. The highest BCUT2D eigenvalue weighted by molar-refractivity contribution is 6.30. The van der Waals surface area contributed by atoms with E-state index in [0.717, 1.165) is 31.5 Å². The molecule has 2 aromatic carbocycles. The summed E-state index contributed by atoms with van der Waals surface area (Å²) in [7, 11) is 0. The van der Waals surface area contributed by atoms with Crippen LogP contribution in [0.1, 0.15) is 24.3 Å². The lowest BCUT2D eigenvalue weighted by Gasteiger charge is -2.23. The highest BCUT2D eigenvalue weighted by Crippen LogP contribution is 2.32. The quantitative estimate of drug-likeness (QED) is 0.844. The van der Waals surface area contributed by atoms with Crippen LogP contribution in [0, 0.1) is 11.6 Å². The van der Waals surface area contributed by atoms with Gasteiger partial charge >= 0.3 is 0 Å². The van der Waals surface area contributed by atoms with Crippen molar-refractivity contribution < 1.29 is 8.78 Å². The van der Waals surface area contributed by atoms with Crippen LogP contribution < -0.4 is 5.32 Å². The highest BCUT2D eigenvalue weighted by atomic mass is 35.5. The number of benzene rings is 2. The summed E-state index contributed by atoms with van der Waals surface area (Å²) in [5, 5.41) is 3.73. The molecule has 1 fully saturated rings. The first-order chi connectivity index (χ1) is 10.1. The molecule has 1 aliphatic rings. The zero-order chi connectivity index (χ0) is 14.8. The number of hydrogen-bond acceptors (Lipinski definition) is 1. The lowest BCUT2D eigenvalue weighted by molar-refractivity contribution is 0.458. The summed E-state index contributed by atoms with van der Waals surface area (Å²) < 4.78 is 27.9. The molecule has 1 nitrogen and oxygen atoms in total. The molecule has 0 radical (unpaired) electrons. The molecule has 1 N–H and O–H groups in total. The standard InChI is InChI=1S/C17H16ClF2N/c18-14-1-2-17(20)16(10-14)13-7-12(8-15(19)9-13)11-3-5-21-6-4-11/h1-2,7-11,21H,3-6H2. The van der Waals surface area contributed by atoms with Crippen molar-refractivity contribution >= 4 is 11.6 Å². The Morgan fingerprint density at radius 3 is 2.52 bits per heavy atom. The molecular weight excluding hydrogens is 292 g/mol. The molecule has 0 unspecified atom stereocenters. The molecule has 0 aliphatic carbocycles. The molecule has 21 heavy (non-hydrogen) atoms. The average molecular weight is 308 g/mol. The van der Waals surface area contributed by atoms with Gasteiger partial charge in [-0.2, -0.15) is 0 Å². The van der Waals surface area contributed by atoms with Gasteiger partial charge in [-0.1, -0.05) is 17.7 Å². The molecule has 110 valence electrons. The van der Waals surface area contributed by atoms with E-state index in [1.807, 2.05) is 6.07 Å². The number of piperidine rings is 1. The van der Waals surface area contributed by atoms with Crippen LogP contribution in [0.25, 0.3) is 11.1 Å². The average Bonchev–Trinajstić information content (AvgIpc) is 2.50. The van der Waals surface area contributed by atoms with Crippen LogP contribution in [0.5, 0.6) is 0 Å². The minimum atomic E-state index is -0.388. The van der Waals surface area contributed by atoms with Crippen LogP contribution in [-0.4, -0.2) is 13.1 Å². The molecular formula is C17H16ClF2N. The van der Waals surface area contributed by atoms with Crippen molar-refractivity contribution in [3.05, 3.63) is 58.6 Å². The second kappa shape index (κ2) is 6.12. The van der Waals surface area contributed by atoms with Gasteiger partial charge in [0.25, 0.3) is 0 Å². The summed E-state index contributed by atoms with van der Waals surface area (Å²) in [4.78, 5) is 0. The van der Waals surface area contributed by atoms with Crippen LogP contribution in [0.3, 0.4) is 0 Å². The van der Waals surface area contributed by atoms with Crippen LogP contribution in [0.2, 0.25) is 5.02 Å². The van der Waals surface area contributed by atoms with Gasteiger partial charge in [0.1, 0.15) is 11.6 Å². The van der Waals surface area contributed by atoms with E-state index in [9.17, 15) is 8.78 Å². The van der Waals surface area contributed by atoms with Gasteiger partial charge in [-0.25, -0.2) is 8.78 Å². The summed E-state index contributed by atoms with van der Waals surface area (Å²) in [5.74, 6) is -0.399. The van der Waals surface area contributed by atoms with Crippen molar-refractivity contribution in [2.45, 2.75) is 18.8 Å². The maximum atomic E-state index is 14.0. The summed E-state index contributed by atoms with van der Waals surface area (Å²) in [6, 6.07) is 9.15. The molecule has 1 saturated heterocycles. The first kappa shape index (κ1) is 14.5. The van der Waals surface area contributed by atoms with Crippen molar-refractivity contribution in [1.82, 2.24) is 5.32 Å². The van der Waals surface area contributed by atoms with Crippen LogP contribution in [-0.2, 0) is 0 Å². The van der Waals surface area contributed by atoms with Gasteiger partial charge in [0, 0.05) is 10.6 Å². The first-order valence-electron chi connectivity index (χ1n) is 7.10. The zero-order valence-electron chi connectivity index (χ0n) is 11.5. The number of nitrogens with one attached hydrogen (secondary N) is 1. The lowest BCUT2D eigenvalue weighted by atomic mass is 9.88. The van der Waals surface area contributed by atoms with Crippen molar-refractivity contribution in [3.8, 4) is 11.1 Å². The predicted molar refractivity (Wildman–Crippen MR) is 81.6 cm³/mol. The van der Waals surface area contributed by atoms with Crippen molar-refractivity contribution in [3.63, 3.8) is 0 Å². The second-order valence-electron chi connectivity index (χ2n) is 5.42. The minimum absolute atomic E-state index is 0.322. The molecule has 2 aromatic rings. The molecule has 0 amide bonds. The third-order valence-electron chi connectivity index (χ3n) is 3.97. The third kappa shape index (κ3) is 3.25. The van der Waals surface area contributed by atoms with E-state index >= 15 is 0 Å². The van der Waals surface area contributed by atoms with Gasteiger partial charge in [0.15, 0.2) is 0 Å². The maximum Gasteiger partial charge on any atom is 0.131 e. The second-order valence-corrected chi connectivity index (χ2v) is 5.86. The van der Waals surface area contributed by atoms with Gasteiger partial charge in [-0.3, -0.25) is 0 Å². The van der Waals surface area contributed by atoms with Crippen molar-refractivity contribution in [2.24, 2.45) is 0 Å². The molecule has 3 rings (SSSR count). The Bertz CT molecular complexity index is 651. The third-order valence-corrected chi connectivity index (χ3v) is 4.21. The SMILES string of the molecule is Fc1cc(-c2cc(Cl)ccc2F)cc(C2CCNCC2)c1. The fourth-order valence-electron chi connectivity index (χ4n) is 2.88. The van der Waals surface area contributed by atoms with E-state index in [1.54, 1.807) is 6.07 Å². The lowest BCUT2D eigenvalue weighted by Crippen LogP contribution is -2.26. The number of rotatable bonds is 2. The Hall–Kier alpha value is -1.45. The highest BCUT2D eigenvalue weighted by Gasteiger charge is 2.17. The van der Waals surface area contributed by atoms with E-state index in [1.165, 1.54) is 24.3 Å². The summed E-state index contributed by atoms with van der Waals surface area (Å²) in [6.07, 6.45) is 1.95. The fraction of sp³-hybridized carbons (Fsp3) is 0.294. The van der Waals surface area contributed by atoms with Gasteiger partial charge in [-0.15, -0.1) is 0 Å². The fourth-order valence-corrected chi connectivity index (χ4v) is 3.05. The Morgan fingerprint density at radius 2 is 1.76 bits per heavy atom. The number of halogens is 3. The molecule has 0 saturated carbocycles. The summed E-state index contributed by atoms with van der Waals surface area (Å²) in [6.45, 7) is 1.87. The van der Waals surface area contributed by atoms with Crippen molar-refractivity contribution in [2.75, 3.05) is 13.1 Å². The Labute approximate surface area is 127 Å². The monoisotopic (exact) mass is 307 g/mol. The molecule has 0 spiro atoms. The van der Waals surface area contributed by atoms with Crippen LogP contribution >= 0.6 is 11.6 Å². The largest absolute Gasteiger partial charge is 0.317 e. The Morgan fingerprint density at radius 1 is 1.00 bits per heavy atom. The first-order valence-corrected chi connectivity index (χ1v) is 7.48. The molecule has 0 bridgehead atoms. The molecule has 0 aromatic heterocycles. The molecule has 0 atom stereocenters. The van der Waals surface area contributed by atoms with E-state index < -0.39 is 0 Å². The molecule has 1 aliphatic heterocycles. The van der Waals surface area contributed by atoms with Crippen LogP contribution in [0.4, 0.5) is 8.78 Å². The topological polar surface area (TPSA) is 12.0 Å². The van der Waals surface area contributed by atoms with Gasteiger partial charge in [-0.05, 0) is 73.3 Å². The van der Waals surface area contributed by atoms with Gasteiger partial charge in [0.2, 0.25) is 0 Å². The normalized spacial score (nSPS) is 16.1. The Kier molecular flexibility index (Phi) is 4.22. The summed E-state index contributed by atoms with van der Waals surface area (Å²) >= 11 is 5.93. The van der Waals surface area contributed by atoms with E-state index in [-0.39, 0.29) is 11.6 Å². The number of hydrogen-bond donors (Lipinski definition) is 1. The molecule has 1 heterocycles.